The van der Waals surface area contributed by atoms with Gasteiger partial charge in [0.25, 0.3) is 0 Å². The van der Waals surface area contributed by atoms with Crippen LogP contribution in [-0.4, -0.2) is 23.2 Å². The number of rotatable bonds is 3. The summed E-state index contributed by atoms with van der Waals surface area (Å²) in [6, 6.07) is 8.21. The van der Waals surface area contributed by atoms with Crippen molar-refractivity contribution in [2.24, 2.45) is 0 Å². The molecule has 2 fully saturated rings. The Morgan fingerprint density at radius 3 is 2.67 bits per heavy atom. The molecule has 1 aromatic carbocycles. The maximum absolute atomic E-state index is 12.4. The van der Waals surface area contributed by atoms with Crippen LogP contribution in [0.25, 0.3) is 0 Å². The molecule has 2 N–H and O–H groups in total. The number of amides is 1. The topological polar surface area (TPSA) is 49.3 Å². The Balaban J connectivity index is 1.88. The molecule has 1 amide bonds. The zero-order chi connectivity index (χ0) is 12.8. The van der Waals surface area contributed by atoms with Gasteiger partial charge in [-0.2, -0.15) is 0 Å². The van der Waals surface area contributed by atoms with Crippen LogP contribution in [0.5, 0.6) is 0 Å². The average molecular weight is 310 g/mol. The quantitative estimate of drug-likeness (QED) is 0.898. The van der Waals surface area contributed by atoms with Gasteiger partial charge in [-0.3, -0.25) is 4.79 Å². The van der Waals surface area contributed by atoms with Gasteiger partial charge in [0, 0.05) is 10.5 Å². The van der Waals surface area contributed by atoms with Crippen molar-refractivity contribution in [3.63, 3.8) is 0 Å². The Hall–Kier alpha value is -0.870. The molecular weight excluding hydrogens is 294 g/mol. The predicted octanol–water partition coefficient (Wildman–Crippen LogP) is 2.12. The maximum Gasteiger partial charge on any atom is 0.231 e. The third-order valence-electron chi connectivity index (χ3n) is 3.89. The molecule has 96 valence electrons. The van der Waals surface area contributed by atoms with Crippen molar-refractivity contribution in [3.8, 4) is 0 Å². The summed E-state index contributed by atoms with van der Waals surface area (Å²) in [5.74, 6) is 0.0772. The minimum absolute atomic E-state index is 0.0772. The standard InChI is InChI=1S/C14H16BrNO2/c15-10-3-1-2-9(6-10)14(7-12(17)8-14)13(18)16-11-4-5-11/h1-3,6,11-12,17H,4-5,7-8H2,(H,16,18). The highest BCUT2D eigenvalue weighted by Crippen LogP contribution is 2.45. The first-order valence-electron chi connectivity index (χ1n) is 6.35. The zero-order valence-electron chi connectivity index (χ0n) is 10.0. The summed E-state index contributed by atoms with van der Waals surface area (Å²) in [6.07, 6.45) is 2.88. The summed E-state index contributed by atoms with van der Waals surface area (Å²) >= 11 is 3.44. The van der Waals surface area contributed by atoms with Crippen molar-refractivity contribution in [2.45, 2.75) is 43.2 Å². The van der Waals surface area contributed by atoms with Crippen LogP contribution in [0.3, 0.4) is 0 Å². The molecule has 3 nitrogen and oxygen atoms in total. The van der Waals surface area contributed by atoms with Gasteiger partial charge in [0.2, 0.25) is 5.91 Å². The lowest BCUT2D eigenvalue weighted by Crippen LogP contribution is -2.55. The van der Waals surface area contributed by atoms with Crippen LogP contribution in [0, 0.1) is 0 Å². The molecule has 0 unspecified atom stereocenters. The number of nitrogens with one attached hydrogen (secondary N) is 1. The second-order valence-corrected chi connectivity index (χ2v) is 6.32. The van der Waals surface area contributed by atoms with Gasteiger partial charge in [0.15, 0.2) is 0 Å². The van der Waals surface area contributed by atoms with Crippen LogP contribution < -0.4 is 5.32 Å². The molecule has 4 heteroatoms. The summed E-state index contributed by atoms with van der Waals surface area (Å²) < 4.78 is 0.972. The minimum Gasteiger partial charge on any atom is -0.393 e. The zero-order valence-corrected chi connectivity index (χ0v) is 11.6. The van der Waals surface area contributed by atoms with E-state index in [0.29, 0.717) is 18.9 Å². The van der Waals surface area contributed by atoms with Gasteiger partial charge < -0.3 is 10.4 Å². The van der Waals surface area contributed by atoms with Crippen molar-refractivity contribution >= 4 is 21.8 Å². The molecule has 0 bridgehead atoms. The minimum atomic E-state index is -0.522. The summed E-state index contributed by atoms with van der Waals surface area (Å²) in [5.41, 5.74) is 0.478. The highest BCUT2D eigenvalue weighted by molar-refractivity contribution is 9.10. The number of benzene rings is 1. The van der Waals surface area contributed by atoms with E-state index in [4.69, 9.17) is 0 Å². The van der Waals surface area contributed by atoms with Crippen LogP contribution in [0.4, 0.5) is 0 Å². The first kappa shape index (κ1) is 12.2. The Labute approximate surface area is 115 Å². The Bertz CT molecular complexity index is 478. The highest BCUT2D eigenvalue weighted by Gasteiger charge is 2.51. The molecule has 0 aromatic heterocycles. The Morgan fingerprint density at radius 2 is 2.11 bits per heavy atom. The van der Waals surface area contributed by atoms with E-state index >= 15 is 0 Å². The number of carbonyl (C=O) groups is 1. The van der Waals surface area contributed by atoms with Gasteiger partial charge in [-0.15, -0.1) is 0 Å². The van der Waals surface area contributed by atoms with E-state index in [2.05, 4.69) is 21.2 Å². The van der Waals surface area contributed by atoms with Crippen LogP contribution in [0.15, 0.2) is 28.7 Å². The van der Waals surface area contributed by atoms with Gasteiger partial charge in [-0.05, 0) is 43.4 Å². The molecule has 0 spiro atoms. The SMILES string of the molecule is O=C(NC1CC1)C1(c2cccc(Br)c2)CC(O)C1. The van der Waals surface area contributed by atoms with Gasteiger partial charge >= 0.3 is 0 Å². The fraction of sp³-hybridized carbons (Fsp3) is 0.500. The van der Waals surface area contributed by atoms with Gasteiger partial charge in [0.1, 0.15) is 0 Å². The van der Waals surface area contributed by atoms with Gasteiger partial charge in [0.05, 0.1) is 11.5 Å². The van der Waals surface area contributed by atoms with Gasteiger partial charge in [-0.1, -0.05) is 28.1 Å². The number of aliphatic hydroxyl groups excluding tert-OH is 1. The van der Waals surface area contributed by atoms with Crippen LogP contribution in [-0.2, 0) is 10.2 Å². The lowest BCUT2D eigenvalue weighted by Gasteiger charge is -2.44. The highest BCUT2D eigenvalue weighted by atomic mass is 79.9. The molecule has 3 rings (SSSR count). The Kier molecular flexibility index (Phi) is 2.94. The molecule has 2 saturated carbocycles. The second kappa shape index (κ2) is 4.35. The van der Waals surface area contributed by atoms with E-state index in [-0.39, 0.29) is 12.0 Å². The molecule has 0 radical (unpaired) electrons. The molecule has 0 atom stereocenters. The molecule has 2 aliphatic carbocycles. The van der Waals surface area contributed by atoms with Crippen LogP contribution in [0.1, 0.15) is 31.2 Å². The number of carbonyl (C=O) groups excluding carboxylic acids is 1. The predicted molar refractivity (Wildman–Crippen MR) is 72.2 cm³/mol. The summed E-state index contributed by atoms with van der Waals surface area (Å²) in [7, 11) is 0. The molecule has 0 saturated heterocycles. The molecule has 18 heavy (non-hydrogen) atoms. The molecule has 0 aliphatic heterocycles. The fourth-order valence-corrected chi connectivity index (χ4v) is 3.03. The van der Waals surface area contributed by atoms with E-state index in [0.717, 1.165) is 22.9 Å². The monoisotopic (exact) mass is 309 g/mol. The number of hydrogen-bond donors (Lipinski definition) is 2. The summed E-state index contributed by atoms with van der Waals surface area (Å²) in [6.45, 7) is 0. The smallest absolute Gasteiger partial charge is 0.231 e. The third kappa shape index (κ3) is 2.08. The number of aliphatic hydroxyl groups is 1. The van der Waals surface area contributed by atoms with E-state index < -0.39 is 5.41 Å². The molecule has 2 aliphatic rings. The van der Waals surface area contributed by atoms with Crippen molar-refractivity contribution in [3.05, 3.63) is 34.3 Å². The van der Waals surface area contributed by atoms with Crippen molar-refractivity contribution < 1.29 is 9.90 Å². The lowest BCUT2D eigenvalue weighted by atomic mass is 9.62. The van der Waals surface area contributed by atoms with Crippen molar-refractivity contribution in [2.75, 3.05) is 0 Å². The van der Waals surface area contributed by atoms with Crippen LogP contribution in [0.2, 0.25) is 0 Å². The maximum atomic E-state index is 12.4. The molecular formula is C14H16BrNO2. The number of hydrogen-bond acceptors (Lipinski definition) is 2. The van der Waals surface area contributed by atoms with E-state index in [1.54, 1.807) is 0 Å². The average Bonchev–Trinajstić information content (AvgIpc) is 3.08. The van der Waals surface area contributed by atoms with Crippen molar-refractivity contribution in [1.29, 1.82) is 0 Å². The van der Waals surface area contributed by atoms with Crippen LogP contribution >= 0.6 is 15.9 Å². The summed E-state index contributed by atoms with van der Waals surface area (Å²) in [4.78, 5) is 12.4. The van der Waals surface area contributed by atoms with Gasteiger partial charge in [-0.25, -0.2) is 0 Å². The van der Waals surface area contributed by atoms with E-state index in [1.165, 1.54) is 0 Å². The second-order valence-electron chi connectivity index (χ2n) is 5.40. The molecule has 1 aromatic rings. The molecule has 0 heterocycles. The Morgan fingerprint density at radius 1 is 1.39 bits per heavy atom. The van der Waals surface area contributed by atoms with Crippen molar-refractivity contribution in [1.82, 2.24) is 5.32 Å². The first-order chi connectivity index (χ1) is 8.60. The number of halogens is 1. The van der Waals surface area contributed by atoms with E-state index in [1.807, 2.05) is 24.3 Å². The lowest BCUT2D eigenvalue weighted by molar-refractivity contribution is -0.135. The first-order valence-corrected chi connectivity index (χ1v) is 7.14. The fourth-order valence-electron chi connectivity index (χ4n) is 2.63. The normalized spacial score (nSPS) is 30.7. The third-order valence-corrected chi connectivity index (χ3v) is 4.39. The largest absolute Gasteiger partial charge is 0.393 e. The summed E-state index contributed by atoms with van der Waals surface area (Å²) in [5, 5.41) is 12.7. The van der Waals surface area contributed by atoms with E-state index in [9.17, 15) is 9.90 Å².